The molecule has 4 nitrogen and oxygen atoms in total. The van der Waals surface area contributed by atoms with E-state index in [1.54, 1.807) is 0 Å². The Morgan fingerprint density at radius 3 is 1.40 bits per heavy atom. The van der Waals surface area contributed by atoms with Gasteiger partial charge in [-0.3, -0.25) is 0 Å². The summed E-state index contributed by atoms with van der Waals surface area (Å²) in [6.45, 7) is 26.2. The smallest absolute Gasteiger partial charge is 0.121 e. The van der Waals surface area contributed by atoms with Crippen LogP contribution < -0.4 is 0 Å². The van der Waals surface area contributed by atoms with Gasteiger partial charge in [-0.15, -0.1) is 0 Å². The highest BCUT2D eigenvalue weighted by Gasteiger charge is 2.59. The SMILES string of the molecule is CCCCCCCCCCc1cc(C(CCCC)(c2cc(C)cc(O)c2C(C)(C)C)C(CCCC)(c2cc(C)c(CC)cc2O)c2ccc(C)c(O)c2CCCCCCCCCC)c(O)cc1C. The van der Waals surface area contributed by atoms with E-state index >= 15 is 0 Å². The molecule has 0 aliphatic carbocycles. The minimum absolute atomic E-state index is 0.252. The Kier molecular flexibility index (Phi) is 22.4. The van der Waals surface area contributed by atoms with E-state index < -0.39 is 16.2 Å². The van der Waals surface area contributed by atoms with E-state index in [4.69, 9.17) is 0 Å². The topological polar surface area (TPSA) is 80.9 Å². The van der Waals surface area contributed by atoms with Gasteiger partial charge in [0.05, 0.1) is 0 Å². The van der Waals surface area contributed by atoms with Gasteiger partial charge in [-0.05, 0) is 146 Å². The number of aromatic hydroxyl groups is 4. The van der Waals surface area contributed by atoms with Gasteiger partial charge in [0.2, 0.25) is 0 Å². The molecule has 0 aliphatic heterocycles. The lowest BCUT2D eigenvalue weighted by Crippen LogP contribution is -2.53. The van der Waals surface area contributed by atoms with E-state index in [0.29, 0.717) is 25.0 Å². The largest absolute Gasteiger partial charge is 0.508 e. The summed E-state index contributed by atoms with van der Waals surface area (Å²) in [6, 6.07) is 17.2. The zero-order valence-electron chi connectivity index (χ0n) is 45.6. The molecule has 0 saturated heterocycles. The van der Waals surface area contributed by atoms with E-state index in [-0.39, 0.29) is 17.2 Å². The minimum atomic E-state index is -1.04. The maximum atomic E-state index is 13.1. The fourth-order valence-electron chi connectivity index (χ4n) is 12.1. The molecule has 0 heterocycles. The van der Waals surface area contributed by atoms with E-state index in [9.17, 15) is 20.4 Å². The Labute approximate surface area is 416 Å². The number of unbranched alkanes of at least 4 members (excludes halogenated alkanes) is 16. The second-order valence-electron chi connectivity index (χ2n) is 22.1. The third-order valence-electron chi connectivity index (χ3n) is 15.7. The molecule has 2 unspecified atom stereocenters. The van der Waals surface area contributed by atoms with E-state index in [2.05, 4.69) is 106 Å². The minimum Gasteiger partial charge on any atom is -0.508 e. The van der Waals surface area contributed by atoms with Crippen LogP contribution in [0.15, 0.2) is 48.5 Å². The lowest BCUT2D eigenvalue weighted by atomic mass is 9.46. The number of phenols is 4. The first-order chi connectivity index (χ1) is 32.5. The van der Waals surface area contributed by atoms with Crippen LogP contribution in [0.2, 0.25) is 0 Å². The fourth-order valence-corrected chi connectivity index (χ4v) is 12.1. The molecule has 0 spiro atoms. The van der Waals surface area contributed by atoms with Crippen molar-refractivity contribution in [3.63, 3.8) is 0 Å². The number of rotatable bonds is 30. The van der Waals surface area contributed by atoms with Crippen molar-refractivity contribution >= 4 is 0 Å². The predicted octanol–water partition coefficient (Wildman–Crippen LogP) is 18.6. The lowest BCUT2D eigenvalue weighted by Gasteiger charge is -2.55. The van der Waals surface area contributed by atoms with Gasteiger partial charge in [0.25, 0.3) is 0 Å². The van der Waals surface area contributed by atoms with Crippen LogP contribution in [0, 0.1) is 27.7 Å². The third kappa shape index (κ3) is 13.3. The first kappa shape index (κ1) is 56.7. The van der Waals surface area contributed by atoms with Gasteiger partial charge in [0.1, 0.15) is 23.0 Å². The second-order valence-corrected chi connectivity index (χ2v) is 22.1. The molecule has 2 atom stereocenters. The Morgan fingerprint density at radius 1 is 0.397 bits per heavy atom. The van der Waals surface area contributed by atoms with E-state index in [1.165, 1.54) is 89.0 Å². The van der Waals surface area contributed by atoms with Crippen molar-refractivity contribution in [2.45, 2.75) is 260 Å². The fraction of sp³-hybridized carbons (Fsp3) is 0.625. The van der Waals surface area contributed by atoms with Crippen LogP contribution in [0.1, 0.15) is 263 Å². The molecule has 0 aliphatic rings. The molecule has 4 aromatic carbocycles. The number of hydrogen-bond acceptors (Lipinski definition) is 4. The maximum absolute atomic E-state index is 13.1. The first-order valence-electron chi connectivity index (χ1n) is 27.8. The van der Waals surface area contributed by atoms with Crippen molar-refractivity contribution in [2.75, 3.05) is 0 Å². The molecule has 0 amide bonds. The van der Waals surface area contributed by atoms with E-state index in [1.807, 2.05) is 25.1 Å². The van der Waals surface area contributed by atoms with Crippen LogP contribution >= 0.6 is 0 Å². The van der Waals surface area contributed by atoms with Gasteiger partial charge < -0.3 is 20.4 Å². The highest BCUT2D eigenvalue weighted by molar-refractivity contribution is 5.68. The molecular weight excluding hydrogens is 833 g/mol. The number of hydrogen-bond donors (Lipinski definition) is 4. The van der Waals surface area contributed by atoms with Crippen molar-refractivity contribution in [3.8, 4) is 23.0 Å². The monoisotopic (exact) mass is 931 g/mol. The lowest BCUT2D eigenvalue weighted by molar-refractivity contribution is 0.237. The molecule has 0 radical (unpaired) electrons. The average Bonchev–Trinajstić information content (AvgIpc) is 3.29. The molecular formula is C64H98O4. The summed E-state index contributed by atoms with van der Waals surface area (Å²) >= 11 is 0. The predicted molar refractivity (Wildman–Crippen MR) is 293 cm³/mol. The van der Waals surface area contributed by atoms with Crippen LogP contribution in [0.5, 0.6) is 23.0 Å². The molecule has 378 valence electrons. The summed E-state index contributed by atoms with van der Waals surface area (Å²) in [5.74, 6) is 1.10. The molecule has 0 fully saturated rings. The molecule has 4 N–H and O–H groups in total. The molecule has 0 saturated carbocycles. The molecule has 4 aromatic rings. The van der Waals surface area contributed by atoms with Gasteiger partial charge in [-0.1, -0.05) is 201 Å². The summed E-state index contributed by atoms with van der Waals surface area (Å²) in [6.07, 6.45) is 26.7. The molecule has 0 aromatic heterocycles. The standard InChI is InChI=1S/C64H98O4/c1-13-18-22-24-26-28-30-32-34-51-44-55(57(65)43-49(51)9)64(39-21-16-4,56-40-46(6)41-59(67)60(56)62(10,11)12)63(38-20-15-3,54-42-48(8)50(17-5)45-58(54)66)53-37-36-47(7)61(68)52(53)35-33-31-29-27-25-23-19-14-2/h36-37,40-45,65-68H,13-35,38-39H2,1-12H3. The summed E-state index contributed by atoms with van der Waals surface area (Å²) < 4.78 is 0. The summed E-state index contributed by atoms with van der Waals surface area (Å²) in [5.41, 5.74) is 9.34. The van der Waals surface area contributed by atoms with E-state index in [0.717, 1.165) is 119 Å². The number of aryl methyl sites for hydroxylation is 6. The number of phenolic OH excluding ortho intramolecular Hbond substituents is 4. The molecule has 0 bridgehead atoms. The summed E-state index contributed by atoms with van der Waals surface area (Å²) in [7, 11) is 0. The van der Waals surface area contributed by atoms with Crippen LogP contribution in [0.3, 0.4) is 0 Å². The molecule has 68 heavy (non-hydrogen) atoms. The normalized spacial score (nSPS) is 13.8. The van der Waals surface area contributed by atoms with Crippen molar-refractivity contribution < 1.29 is 20.4 Å². The van der Waals surface area contributed by atoms with Gasteiger partial charge in [-0.25, -0.2) is 0 Å². The molecule has 4 rings (SSSR count). The highest BCUT2D eigenvalue weighted by atomic mass is 16.3. The Bertz CT molecular complexity index is 2170. The van der Waals surface area contributed by atoms with Crippen LogP contribution in [-0.4, -0.2) is 20.4 Å². The Balaban J connectivity index is 2.29. The quantitative estimate of drug-likeness (QED) is 0.0393. The number of benzene rings is 4. The second kappa shape index (κ2) is 26.9. The Morgan fingerprint density at radius 2 is 0.868 bits per heavy atom. The summed E-state index contributed by atoms with van der Waals surface area (Å²) in [4.78, 5) is 0. The third-order valence-corrected chi connectivity index (χ3v) is 15.7. The molecule has 4 heteroatoms. The average molecular weight is 931 g/mol. The van der Waals surface area contributed by atoms with Gasteiger partial charge in [0, 0.05) is 27.5 Å². The Hall–Kier alpha value is -3.92. The van der Waals surface area contributed by atoms with Crippen LogP contribution in [-0.2, 0) is 35.5 Å². The zero-order chi connectivity index (χ0) is 50.1. The zero-order valence-corrected chi connectivity index (χ0v) is 45.6. The van der Waals surface area contributed by atoms with Crippen molar-refractivity contribution in [3.05, 3.63) is 115 Å². The maximum Gasteiger partial charge on any atom is 0.121 e. The van der Waals surface area contributed by atoms with Crippen molar-refractivity contribution in [2.24, 2.45) is 0 Å². The van der Waals surface area contributed by atoms with Crippen molar-refractivity contribution in [1.29, 1.82) is 0 Å². The van der Waals surface area contributed by atoms with Gasteiger partial charge in [-0.2, -0.15) is 0 Å². The van der Waals surface area contributed by atoms with Crippen LogP contribution in [0.25, 0.3) is 0 Å². The summed E-state index contributed by atoms with van der Waals surface area (Å²) in [5, 5.41) is 51.3. The van der Waals surface area contributed by atoms with Crippen molar-refractivity contribution in [1.82, 2.24) is 0 Å². The first-order valence-corrected chi connectivity index (χ1v) is 27.8. The van der Waals surface area contributed by atoms with Crippen LogP contribution in [0.4, 0.5) is 0 Å². The van der Waals surface area contributed by atoms with Gasteiger partial charge >= 0.3 is 0 Å². The highest BCUT2D eigenvalue weighted by Crippen LogP contribution is 2.64. The van der Waals surface area contributed by atoms with Gasteiger partial charge in [0.15, 0.2) is 0 Å².